The second kappa shape index (κ2) is 14.3. The maximum absolute atomic E-state index is 2.40. The fraction of sp³-hybridized carbons (Fsp3) is 0. The van der Waals surface area contributed by atoms with Crippen LogP contribution in [0.3, 0.4) is 0 Å². The highest BCUT2D eigenvalue weighted by molar-refractivity contribution is 5.98. The molecule has 9 aromatic carbocycles. The molecule has 9 rings (SSSR count). The van der Waals surface area contributed by atoms with Gasteiger partial charge in [-0.3, -0.25) is 0 Å². The topological polar surface area (TPSA) is 3.24 Å². The second-order valence-corrected chi connectivity index (χ2v) is 13.4. The van der Waals surface area contributed by atoms with Crippen LogP contribution in [0.2, 0.25) is 0 Å². The zero-order chi connectivity index (χ0) is 35.4. The van der Waals surface area contributed by atoms with Crippen molar-refractivity contribution >= 4 is 27.8 Å². The van der Waals surface area contributed by atoms with Gasteiger partial charge in [0.1, 0.15) is 0 Å². The van der Waals surface area contributed by atoms with Gasteiger partial charge in [0.2, 0.25) is 0 Å². The largest absolute Gasteiger partial charge is 0.310 e. The highest BCUT2D eigenvalue weighted by atomic mass is 15.1. The molecule has 0 aliphatic heterocycles. The Morgan fingerprint density at radius 1 is 0.245 bits per heavy atom. The zero-order valence-corrected chi connectivity index (χ0v) is 29.3. The van der Waals surface area contributed by atoms with Crippen molar-refractivity contribution in [3.05, 3.63) is 224 Å². The Kier molecular flexibility index (Phi) is 8.66. The van der Waals surface area contributed by atoms with Crippen molar-refractivity contribution in [2.24, 2.45) is 0 Å². The Bertz CT molecular complexity index is 2640. The van der Waals surface area contributed by atoms with Gasteiger partial charge in [-0.1, -0.05) is 188 Å². The lowest BCUT2D eigenvalue weighted by molar-refractivity contribution is 1.28. The van der Waals surface area contributed by atoms with Crippen LogP contribution in [0.1, 0.15) is 0 Å². The molecule has 250 valence electrons. The first-order valence-corrected chi connectivity index (χ1v) is 18.2. The van der Waals surface area contributed by atoms with Gasteiger partial charge in [0.05, 0.1) is 5.69 Å². The third-order valence-corrected chi connectivity index (χ3v) is 10.1. The molecule has 53 heavy (non-hydrogen) atoms. The van der Waals surface area contributed by atoms with E-state index in [1.807, 2.05) is 0 Å². The minimum Gasteiger partial charge on any atom is -0.310 e. The van der Waals surface area contributed by atoms with E-state index >= 15 is 0 Å². The normalized spacial score (nSPS) is 11.0. The molecular weight excluding hydrogens is 639 g/mol. The van der Waals surface area contributed by atoms with Crippen molar-refractivity contribution in [2.75, 3.05) is 4.90 Å². The molecule has 0 aliphatic rings. The second-order valence-electron chi connectivity index (χ2n) is 13.4. The number of fused-ring (bicyclic) bond motifs is 1. The summed E-state index contributed by atoms with van der Waals surface area (Å²) in [5, 5.41) is 2.51. The predicted molar refractivity (Wildman–Crippen MR) is 226 cm³/mol. The number of para-hydroxylation sites is 1. The van der Waals surface area contributed by atoms with Crippen LogP contribution in [0.4, 0.5) is 17.1 Å². The molecule has 0 radical (unpaired) electrons. The summed E-state index contributed by atoms with van der Waals surface area (Å²) in [6.45, 7) is 0. The third-order valence-electron chi connectivity index (χ3n) is 10.1. The van der Waals surface area contributed by atoms with Crippen molar-refractivity contribution in [1.82, 2.24) is 0 Å². The van der Waals surface area contributed by atoms with E-state index in [2.05, 4.69) is 229 Å². The number of nitrogens with zero attached hydrogens (tertiary/aromatic N) is 1. The van der Waals surface area contributed by atoms with Gasteiger partial charge < -0.3 is 4.90 Å². The van der Waals surface area contributed by atoms with Crippen LogP contribution in [0, 0.1) is 0 Å². The molecule has 0 atom stereocenters. The summed E-state index contributed by atoms with van der Waals surface area (Å²) in [6.07, 6.45) is 0. The molecule has 9 aromatic rings. The zero-order valence-electron chi connectivity index (χ0n) is 29.3. The van der Waals surface area contributed by atoms with E-state index < -0.39 is 0 Å². The molecule has 0 N–H and O–H groups in total. The van der Waals surface area contributed by atoms with Crippen LogP contribution < -0.4 is 4.90 Å². The highest BCUT2D eigenvalue weighted by Gasteiger charge is 2.18. The van der Waals surface area contributed by atoms with Gasteiger partial charge in [-0.2, -0.15) is 0 Å². The lowest BCUT2D eigenvalue weighted by Gasteiger charge is -2.28. The van der Waals surface area contributed by atoms with Crippen molar-refractivity contribution in [2.45, 2.75) is 0 Å². The van der Waals surface area contributed by atoms with Crippen LogP contribution in [0.15, 0.2) is 224 Å². The van der Waals surface area contributed by atoms with Crippen molar-refractivity contribution in [3.8, 4) is 55.6 Å². The molecular formula is C52H37N. The molecule has 0 saturated carbocycles. The molecule has 0 bridgehead atoms. The molecule has 0 heterocycles. The monoisotopic (exact) mass is 675 g/mol. The first-order valence-electron chi connectivity index (χ1n) is 18.2. The number of hydrogen-bond acceptors (Lipinski definition) is 1. The molecule has 0 aliphatic carbocycles. The smallest absolute Gasteiger partial charge is 0.0540 e. The first-order chi connectivity index (χ1) is 26.3. The van der Waals surface area contributed by atoms with Gasteiger partial charge in [-0.25, -0.2) is 0 Å². The quantitative estimate of drug-likeness (QED) is 0.155. The van der Waals surface area contributed by atoms with Gasteiger partial charge in [-0.15, -0.1) is 0 Å². The van der Waals surface area contributed by atoms with Crippen LogP contribution >= 0.6 is 0 Å². The van der Waals surface area contributed by atoms with Crippen LogP contribution in [-0.4, -0.2) is 0 Å². The molecule has 0 amide bonds. The number of hydrogen-bond donors (Lipinski definition) is 0. The molecule has 0 fully saturated rings. The van der Waals surface area contributed by atoms with E-state index in [9.17, 15) is 0 Å². The van der Waals surface area contributed by atoms with E-state index in [4.69, 9.17) is 0 Å². The van der Waals surface area contributed by atoms with Crippen molar-refractivity contribution < 1.29 is 0 Å². The molecule has 1 nitrogen and oxygen atoms in total. The summed E-state index contributed by atoms with van der Waals surface area (Å²) in [5.74, 6) is 0. The highest BCUT2D eigenvalue weighted by Crippen LogP contribution is 2.43. The van der Waals surface area contributed by atoms with Crippen molar-refractivity contribution in [1.29, 1.82) is 0 Å². The van der Waals surface area contributed by atoms with E-state index in [1.54, 1.807) is 0 Å². The maximum Gasteiger partial charge on any atom is 0.0540 e. The van der Waals surface area contributed by atoms with Crippen molar-refractivity contribution in [3.63, 3.8) is 0 Å². The van der Waals surface area contributed by atoms with Gasteiger partial charge in [0, 0.05) is 16.9 Å². The van der Waals surface area contributed by atoms with E-state index in [1.165, 1.54) is 66.4 Å². The minimum atomic E-state index is 1.09. The Morgan fingerprint density at radius 3 is 1.42 bits per heavy atom. The molecule has 1 heteroatoms. The maximum atomic E-state index is 2.40. The van der Waals surface area contributed by atoms with Crippen LogP contribution in [0.25, 0.3) is 66.4 Å². The van der Waals surface area contributed by atoms with E-state index in [-0.39, 0.29) is 0 Å². The number of rotatable bonds is 8. The van der Waals surface area contributed by atoms with Gasteiger partial charge in [0.15, 0.2) is 0 Å². The van der Waals surface area contributed by atoms with E-state index in [0.717, 1.165) is 17.1 Å². The minimum absolute atomic E-state index is 1.09. The first kappa shape index (κ1) is 32.0. The summed E-state index contributed by atoms with van der Waals surface area (Å²) in [7, 11) is 0. The Labute approximate surface area is 311 Å². The SMILES string of the molecule is c1ccc(-c2ccc(-c3ccc(N(c4cccc(-c5ccccc5)c4)c4ccccc4-c4cccc(-c5cccc6ccccc56)c4)cc3)cc2)cc1. The summed E-state index contributed by atoms with van der Waals surface area (Å²) >= 11 is 0. The Morgan fingerprint density at radius 2 is 0.698 bits per heavy atom. The summed E-state index contributed by atoms with van der Waals surface area (Å²) < 4.78 is 0. The Hall–Kier alpha value is -6.96. The fourth-order valence-corrected chi connectivity index (χ4v) is 7.42. The lowest BCUT2D eigenvalue weighted by Crippen LogP contribution is -2.11. The van der Waals surface area contributed by atoms with Gasteiger partial charge >= 0.3 is 0 Å². The summed E-state index contributed by atoms with van der Waals surface area (Å²) in [6, 6.07) is 80.8. The van der Waals surface area contributed by atoms with Gasteiger partial charge in [0.25, 0.3) is 0 Å². The average molecular weight is 676 g/mol. The molecule has 0 unspecified atom stereocenters. The molecule has 0 spiro atoms. The number of benzene rings is 9. The molecule has 0 aromatic heterocycles. The third kappa shape index (κ3) is 6.53. The number of anilines is 3. The standard InChI is InChI=1S/C52H37N/c1-3-14-38(15-4-1)40-28-30-41(31-29-40)42-32-34-47(35-33-42)53(48-23-12-20-44(37-48)39-16-5-2-6-17-39)52-27-10-9-25-51(52)46-22-11-21-45(36-46)50-26-13-19-43-18-7-8-24-49(43)50/h1-37H. The summed E-state index contributed by atoms with van der Waals surface area (Å²) in [5.41, 5.74) is 15.3. The molecule has 0 saturated heterocycles. The summed E-state index contributed by atoms with van der Waals surface area (Å²) in [4.78, 5) is 2.40. The van der Waals surface area contributed by atoms with Crippen LogP contribution in [0.5, 0.6) is 0 Å². The average Bonchev–Trinajstić information content (AvgIpc) is 3.25. The van der Waals surface area contributed by atoms with E-state index in [0.29, 0.717) is 0 Å². The van der Waals surface area contributed by atoms with Crippen LogP contribution in [-0.2, 0) is 0 Å². The fourth-order valence-electron chi connectivity index (χ4n) is 7.42. The predicted octanol–water partition coefficient (Wildman–Crippen LogP) is 14.6. The van der Waals surface area contributed by atoms with Gasteiger partial charge in [-0.05, 0) is 97.2 Å². The lowest BCUT2D eigenvalue weighted by atomic mass is 9.94. The Balaban J connectivity index is 1.14.